The van der Waals surface area contributed by atoms with Crippen LogP contribution in [-0.2, 0) is 13.0 Å². The fourth-order valence-electron chi connectivity index (χ4n) is 2.88. The second-order valence-corrected chi connectivity index (χ2v) is 5.91. The molecular weight excluding hydrogens is 295 g/mol. The molecule has 0 saturated carbocycles. The first-order valence-electron chi connectivity index (χ1n) is 7.56. The number of nitriles is 1. The van der Waals surface area contributed by atoms with Crippen LogP contribution in [0.3, 0.4) is 0 Å². The molecule has 2 aromatic rings. The third kappa shape index (κ3) is 2.70. The summed E-state index contributed by atoms with van der Waals surface area (Å²) in [4.78, 5) is 14.0. The van der Waals surface area contributed by atoms with Crippen molar-refractivity contribution in [1.82, 2.24) is 9.78 Å². The molecule has 0 unspecified atom stereocenters. The molecule has 0 radical (unpaired) electrons. The van der Waals surface area contributed by atoms with Crippen molar-refractivity contribution in [1.29, 1.82) is 5.26 Å². The Bertz CT molecular complexity index is 851. The zero-order valence-corrected chi connectivity index (χ0v) is 13.1. The van der Waals surface area contributed by atoms with Crippen molar-refractivity contribution in [2.45, 2.75) is 32.9 Å². The second kappa shape index (κ2) is 5.84. The quantitative estimate of drug-likeness (QED) is 0.854. The molecule has 1 aliphatic rings. The van der Waals surface area contributed by atoms with E-state index in [2.05, 4.69) is 5.10 Å². The molecule has 0 bridgehead atoms. The minimum absolute atomic E-state index is 0.0132. The van der Waals surface area contributed by atoms with Crippen LogP contribution in [0, 0.1) is 17.1 Å². The molecule has 0 aliphatic carbocycles. The van der Waals surface area contributed by atoms with E-state index in [4.69, 9.17) is 0 Å². The van der Waals surface area contributed by atoms with Crippen molar-refractivity contribution in [3.05, 3.63) is 57.3 Å². The lowest BCUT2D eigenvalue weighted by molar-refractivity contribution is 0.484. The lowest BCUT2D eigenvalue weighted by atomic mass is 10.0. The van der Waals surface area contributed by atoms with Crippen LogP contribution in [0.5, 0.6) is 0 Å². The highest BCUT2D eigenvalue weighted by Gasteiger charge is 2.22. The molecule has 0 spiro atoms. The highest BCUT2D eigenvalue weighted by atomic mass is 19.1. The summed E-state index contributed by atoms with van der Waals surface area (Å²) in [5.41, 5.74) is 2.20. The van der Waals surface area contributed by atoms with E-state index in [9.17, 15) is 14.4 Å². The van der Waals surface area contributed by atoms with Crippen LogP contribution in [0.4, 0.5) is 10.1 Å². The molecule has 6 heteroatoms. The average Bonchev–Trinajstić information content (AvgIpc) is 2.53. The van der Waals surface area contributed by atoms with Gasteiger partial charge in [-0.25, -0.2) is 9.07 Å². The summed E-state index contributed by atoms with van der Waals surface area (Å²) in [7, 11) is 0. The van der Waals surface area contributed by atoms with E-state index in [0.29, 0.717) is 25.2 Å². The van der Waals surface area contributed by atoms with Gasteiger partial charge in [0.05, 0.1) is 17.4 Å². The van der Waals surface area contributed by atoms with Gasteiger partial charge in [-0.2, -0.15) is 10.4 Å². The Hall–Kier alpha value is -2.68. The lowest BCUT2D eigenvalue weighted by Gasteiger charge is -2.31. The molecule has 0 N–H and O–H groups in total. The van der Waals surface area contributed by atoms with Crippen molar-refractivity contribution in [3.8, 4) is 6.07 Å². The lowest BCUT2D eigenvalue weighted by Crippen LogP contribution is -2.35. The summed E-state index contributed by atoms with van der Waals surface area (Å²) in [5.74, 6) is -0.524. The van der Waals surface area contributed by atoms with Crippen LogP contribution >= 0.6 is 0 Å². The molecule has 0 amide bonds. The van der Waals surface area contributed by atoms with Gasteiger partial charge in [-0.15, -0.1) is 0 Å². The van der Waals surface area contributed by atoms with E-state index in [1.165, 1.54) is 10.7 Å². The largest absolute Gasteiger partial charge is 0.366 e. The third-order valence-electron chi connectivity index (χ3n) is 4.04. The normalized spacial score (nSPS) is 13.8. The number of aromatic nitrogens is 2. The van der Waals surface area contributed by atoms with Gasteiger partial charge < -0.3 is 4.90 Å². The zero-order chi connectivity index (χ0) is 16.6. The van der Waals surface area contributed by atoms with E-state index in [0.717, 1.165) is 11.3 Å². The van der Waals surface area contributed by atoms with E-state index >= 15 is 0 Å². The van der Waals surface area contributed by atoms with Gasteiger partial charge in [-0.1, -0.05) is 6.07 Å². The predicted molar refractivity (Wildman–Crippen MR) is 84.8 cm³/mol. The average molecular weight is 312 g/mol. The van der Waals surface area contributed by atoms with Crippen molar-refractivity contribution in [2.75, 3.05) is 11.4 Å². The number of hydrogen-bond acceptors (Lipinski definition) is 4. The fourth-order valence-corrected chi connectivity index (χ4v) is 2.88. The standard InChI is InChI=1S/C17H17FN4O/c1-11(2)22-17(23)8-12-10-21(7-6-15(12)20-22)16-5-3-4-14(18)13(16)9-19/h3-5,8,11H,6-7,10H2,1-2H3. The first-order valence-corrected chi connectivity index (χ1v) is 7.56. The summed E-state index contributed by atoms with van der Waals surface area (Å²) in [6.07, 6.45) is 0.656. The Kier molecular flexibility index (Phi) is 3.87. The first kappa shape index (κ1) is 15.2. The van der Waals surface area contributed by atoms with Crippen LogP contribution < -0.4 is 10.5 Å². The molecule has 1 aromatic heterocycles. The molecule has 3 rings (SSSR count). The van der Waals surface area contributed by atoms with Crippen LogP contribution in [0.15, 0.2) is 29.1 Å². The number of halogens is 1. The summed E-state index contributed by atoms with van der Waals surface area (Å²) in [5, 5.41) is 13.6. The molecule has 23 heavy (non-hydrogen) atoms. The Morgan fingerprint density at radius 1 is 1.39 bits per heavy atom. The molecule has 118 valence electrons. The van der Waals surface area contributed by atoms with Gasteiger partial charge in [-0.05, 0) is 26.0 Å². The Balaban J connectivity index is 1.99. The molecule has 0 atom stereocenters. The summed E-state index contributed by atoms with van der Waals surface area (Å²) in [6, 6.07) is 8.14. The molecule has 2 heterocycles. The maximum absolute atomic E-state index is 13.8. The van der Waals surface area contributed by atoms with Gasteiger partial charge in [0.25, 0.3) is 5.56 Å². The summed E-state index contributed by atoms with van der Waals surface area (Å²) < 4.78 is 15.3. The van der Waals surface area contributed by atoms with Crippen LogP contribution in [0.25, 0.3) is 0 Å². The van der Waals surface area contributed by atoms with Crippen LogP contribution in [0.1, 0.15) is 36.7 Å². The monoisotopic (exact) mass is 312 g/mol. The van der Waals surface area contributed by atoms with Crippen molar-refractivity contribution >= 4 is 5.69 Å². The SMILES string of the molecule is CC(C)n1nc2c(cc1=O)CN(c1cccc(F)c1C#N)CC2. The number of anilines is 1. The van der Waals surface area contributed by atoms with Crippen LogP contribution in [-0.4, -0.2) is 16.3 Å². The van der Waals surface area contributed by atoms with Crippen molar-refractivity contribution in [3.63, 3.8) is 0 Å². The summed E-state index contributed by atoms with van der Waals surface area (Å²) >= 11 is 0. The highest BCUT2D eigenvalue weighted by Crippen LogP contribution is 2.27. The molecular formula is C17H17FN4O. The third-order valence-corrected chi connectivity index (χ3v) is 4.04. The van der Waals surface area contributed by atoms with Gasteiger partial charge in [0.15, 0.2) is 0 Å². The minimum atomic E-state index is -0.524. The van der Waals surface area contributed by atoms with Gasteiger partial charge in [0.2, 0.25) is 0 Å². The fraction of sp³-hybridized carbons (Fsp3) is 0.353. The number of nitrogens with zero attached hydrogens (tertiary/aromatic N) is 4. The number of benzene rings is 1. The molecule has 1 aromatic carbocycles. The second-order valence-electron chi connectivity index (χ2n) is 5.91. The number of fused-ring (bicyclic) bond motifs is 1. The maximum atomic E-state index is 13.8. The predicted octanol–water partition coefficient (Wildman–Crippen LogP) is 2.40. The Labute approximate surface area is 133 Å². The van der Waals surface area contributed by atoms with E-state index in [1.807, 2.05) is 24.8 Å². The van der Waals surface area contributed by atoms with Crippen LogP contribution in [0.2, 0.25) is 0 Å². The minimum Gasteiger partial charge on any atom is -0.366 e. The smallest absolute Gasteiger partial charge is 0.267 e. The maximum Gasteiger partial charge on any atom is 0.267 e. The van der Waals surface area contributed by atoms with Gasteiger partial charge >= 0.3 is 0 Å². The van der Waals surface area contributed by atoms with Gasteiger partial charge in [-0.3, -0.25) is 4.79 Å². The number of rotatable bonds is 2. The summed E-state index contributed by atoms with van der Waals surface area (Å²) in [6.45, 7) is 4.92. The topological polar surface area (TPSA) is 61.9 Å². The van der Waals surface area contributed by atoms with E-state index in [-0.39, 0.29) is 17.2 Å². The van der Waals surface area contributed by atoms with Crippen molar-refractivity contribution < 1.29 is 4.39 Å². The first-order chi connectivity index (χ1) is 11.0. The molecule has 1 aliphatic heterocycles. The molecule has 0 saturated heterocycles. The Morgan fingerprint density at radius 3 is 2.87 bits per heavy atom. The van der Waals surface area contributed by atoms with Gasteiger partial charge in [0.1, 0.15) is 17.4 Å². The van der Waals surface area contributed by atoms with E-state index in [1.54, 1.807) is 18.2 Å². The van der Waals surface area contributed by atoms with E-state index < -0.39 is 5.82 Å². The zero-order valence-electron chi connectivity index (χ0n) is 13.1. The van der Waals surface area contributed by atoms with Crippen molar-refractivity contribution in [2.24, 2.45) is 0 Å². The highest BCUT2D eigenvalue weighted by molar-refractivity contribution is 5.60. The van der Waals surface area contributed by atoms with Gasteiger partial charge in [0, 0.05) is 31.1 Å². The molecule has 0 fully saturated rings. The number of hydrogen-bond donors (Lipinski definition) is 0. The molecule has 5 nitrogen and oxygen atoms in total. The Morgan fingerprint density at radius 2 is 2.17 bits per heavy atom.